The molecule has 0 amide bonds. The molecule has 4 rings (SSSR count). The minimum Gasteiger partial charge on any atom is -0.623 e. The molecular formula is C35H45N3O2Si. The molecule has 0 aromatic heterocycles. The minimum atomic E-state index is -2.32. The summed E-state index contributed by atoms with van der Waals surface area (Å²) in [6.45, 7) is 23.8. The molecule has 6 heteroatoms. The molecule has 0 N–H and O–H groups in total. The van der Waals surface area contributed by atoms with Gasteiger partial charge in [0.15, 0.2) is 17.5 Å². The Morgan fingerprint density at radius 1 is 0.878 bits per heavy atom. The van der Waals surface area contributed by atoms with E-state index in [0.717, 1.165) is 32.6 Å². The SMILES string of the molecule is CC(C)(C)N1OC(c2ccccc2)=C(C#N)C1c1c2cccccc-2c(/C=[N+](\[O-])C(C)(C)C)c1[Si](C)(C)C(C)(C)C. The molecule has 5 nitrogen and oxygen atoms in total. The number of rotatable bonds is 4. The lowest BCUT2D eigenvalue weighted by Crippen LogP contribution is -2.53. The average Bonchev–Trinajstić information content (AvgIpc) is 3.28. The van der Waals surface area contributed by atoms with E-state index >= 15 is 0 Å². The van der Waals surface area contributed by atoms with Gasteiger partial charge in [-0.2, -0.15) is 5.26 Å². The van der Waals surface area contributed by atoms with Crippen LogP contribution in [0.1, 0.15) is 85.0 Å². The lowest BCUT2D eigenvalue weighted by atomic mass is 9.93. The summed E-state index contributed by atoms with van der Waals surface area (Å²) in [7, 11) is -2.32. The minimum absolute atomic E-state index is 0.0306. The first kappa shape index (κ1) is 30.6. The summed E-state index contributed by atoms with van der Waals surface area (Å²) in [6.07, 6.45) is 1.80. The molecule has 216 valence electrons. The number of nitriles is 1. The van der Waals surface area contributed by atoms with Gasteiger partial charge in [-0.15, -0.1) is 5.06 Å². The monoisotopic (exact) mass is 567 g/mol. The summed E-state index contributed by atoms with van der Waals surface area (Å²) in [5.41, 5.74) is 4.55. The molecule has 1 atom stereocenters. The van der Waals surface area contributed by atoms with E-state index in [1.807, 2.05) is 68.3 Å². The maximum Gasteiger partial charge on any atom is 0.182 e. The molecule has 0 radical (unpaired) electrons. The Morgan fingerprint density at radius 2 is 1.41 bits per heavy atom. The summed E-state index contributed by atoms with van der Waals surface area (Å²) < 4.78 is 1.08. The Morgan fingerprint density at radius 3 is 1.90 bits per heavy atom. The largest absolute Gasteiger partial charge is 0.623 e. The summed E-state index contributed by atoms with van der Waals surface area (Å²) in [6, 6.07) is 22.4. The fourth-order valence-electron chi connectivity index (χ4n) is 5.35. The summed E-state index contributed by atoms with van der Waals surface area (Å²) in [5, 5.41) is 27.5. The number of hydroxylamine groups is 3. The predicted molar refractivity (Wildman–Crippen MR) is 173 cm³/mol. The third-order valence-corrected chi connectivity index (χ3v) is 14.1. The van der Waals surface area contributed by atoms with Crippen molar-refractivity contribution in [3.05, 3.63) is 88.1 Å². The lowest BCUT2D eigenvalue weighted by molar-refractivity contribution is -0.530. The topological polar surface area (TPSA) is 62.3 Å². The zero-order chi connectivity index (χ0) is 30.5. The van der Waals surface area contributed by atoms with Crippen molar-refractivity contribution < 1.29 is 9.58 Å². The summed E-state index contributed by atoms with van der Waals surface area (Å²) in [4.78, 5) is 6.68. The van der Waals surface area contributed by atoms with Gasteiger partial charge in [-0.05, 0) is 47.7 Å². The van der Waals surface area contributed by atoms with E-state index < -0.39 is 25.2 Å². The Bertz CT molecular complexity index is 1510. The molecule has 1 aromatic rings. The Labute approximate surface area is 247 Å². The van der Waals surface area contributed by atoms with Gasteiger partial charge < -0.3 is 10.0 Å². The highest BCUT2D eigenvalue weighted by molar-refractivity contribution is 6.93. The number of benzene rings is 1. The number of hydrogen-bond donors (Lipinski definition) is 0. The van der Waals surface area contributed by atoms with Crippen LogP contribution >= 0.6 is 0 Å². The molecule has 0 spiro atoms. The standard InChI is InChI=1S/C35H45N3O2Si/c1-33(2,3)37(39)23-28-25-20-16-13-17-21-26(25)29(32(28)41(10,11)35(7,8)9)30-27(22-36)31(24-18-14-12-15-19-24)40-38(30)34(4,5)6/h12-21,23,30H,1-11H3/b37-23-. The summed E-state index contributed by atoms with van der Waals surface area (Å²) in [5.74, 6) is 0.592. The number of hydrogen-bond acceptors (Lipinski definition) is 4. The van der Waals surface area contributed by atoms with Gasteiger partial charge in [0.25, 0.3) is 0 Å². The maximum absolute atomic E-state index is 13.6. The first-order valence-corrected chi connectivity index (χ1v) is 17.4. The van der Waals surface area contributed by atoms with Crippen molar-refractivity contribution in [3.63, 3.8) is 0 Å². The lowest BCUT2D eigenvalue weighted by Gasteiger charge is -2.41. The van der Waals surface area contributed by atoms with Crippen LogP contribution in [0.4, 0.5) is 0 Å². The fraction of sp³-hybridized carbons (Fsp3) is 0.429. The zero-order valence-electron chi connectivity index (χ0n) is 26.6. The van der Waals surface area contributed by atoms with Gasteiger partial charge in [0.2, 0.25) is 0 Å². The molecular weight excluding hydrogens is 522 g/mol. The zero-order valence-corrected chi connectivity index (χ0v) is 27.6. The third kappa shape index (κ3) is 5.46. The van der Waals surface area contributed by atoms with Gasteiger partial charge in [-0.3, -0.25) is 0 Å². The highest BCUT2D eigenvalue weighted by Crippen LogP contribution is 2.51. The van der Waals surface area contributed by atoms with Crippen LogP contribution in [-0.4, -0.2) is 35.2 Å². The van der Waals surface area contributed by atoms with E-state index in [2.05, 4.69) is 78.9 Å². The van der Waals surface area contributed by atoms with Crippen LogP contribution in [0.2, 0.25) is 18.1 Å². The van der Waals surface area contributed by atoms with E-state index in [-0.39, 0.29) is 5.04 Å². The second-order valence-electron chi connectivity index (χ2n) is 14.7. The van der Waals surface area contributed by atoms with Crippen molar-refractivity contribution in [1.82, 2.24) is 5.06 Å². The molecule has 0 saturated carbocycles. The van der Waals surface area contributed by atoms with E-state index in [0.29, 0.717) is 11.3 Å². The van der Waals surface area contributed by atoms with Gasteiger partial charge in [0.1, 0.15) is 12.1 Å². The van der Waals surface area contributed by atoms with Crippen LogP contribution < -0.4 is 5.19 Å². The molecule has 1 heterocycles. The van der Waals surface area contributed by atoms with Gasteiger partial charge in [-0.25, -0.2) is 4.74 Å². The molecule has 1 aromatic carbocycles. The van der Waals surface area contributed by atoms with Crippen LogP contribution in [0.3, 0.4) is 0 Å². The predicted octanol–water partition coefficient (Wildman–Crippen LogP) is 8.26. The fourth-order valence-corrected chi connectivity index (χ4v) is 7.91. The highest BCUT2D eigenvalue weighted by Gasteiger charge is 2.50. The normalized spacial score (nSPS) is 17.6. The van der Waals surface area contributed by atoms with E-state index in [9.17, 15) is 10.5 Å². The summed E-state index contributed by atoms with van der Waals surface area (Å²) >= 11 is 0. The average molecular weight is 568 g/mol. The van der Waals surface area contributed by atoms with Crippen LogP contribution in [0.15, 0.2) is 66.2 Å². The second kappa shape index (κ2) is 10.5. The molecule has 1 aliphatic heterocycles. The van der Waals surface area contributed by atoms with Gasteiger partial charge >= 0.3 is 0 Å². The molecule has 1 unspecified atom stereocenters. The Hall–Kier alpha value is -3.40. The van der Waals surface area contributed by atoms with Crippen molar-refractivity contribution >= 4 is 25.2 Å². The molecule has 3 aliphatic rings. The molecule has 0 saturated heterocycles. The van der Waals surface area contributed by atoms with E-state index in [4.69, 9.17) is 4.84 Å². The quantitative estimate of drug-likeness (QED) is 0.105. The van der Waals surface area contributed by atoms with Crippen molar-refractivity contribution in [3.8, 4) is 17.2 Å². The van der Waals surface area contributed by atoms with E-state index in [1.54, 1.807) is 6.21 Å². The smallest absolute Gasteiger partial charge is 0.182 e. The van der Waals surface area contributed by atoms with Crippen LogP contribution in [0.5, 0.6) is 0 Å². The number of fused-ring (bicyclic) bond motifs is 1. The molecule has 0 fully saturated rings. The third-order valence-electron chi connectivity index (χ3n) is 8.60. The van der Waals surface area contributed by atoms with Gasteiger partial charge in [-0.1, -0.05) is 94.5 Å². The highest BCUT2D eigenvalue weighted by atomic mass is 28.3. The van der Waals surface area contributed by atoms with Crippen LogP contribution in [-0.2, 0) is 4.84 Å². The van der Waals surface area contributed by atoms with Crippen molar-refractivity contribution in [2.45, 2.75) is 97.6 Å². The second-order valence-corrected chi connectivity index (χ2v) is 19.9. The first-order valence-electron chi connectivity index (χ1n) is 14.4. The van der Waals surface area contributed by atoms with E-state index in [1.165, 1.54) is 5.19 Å². The van der Waals surface area contributed by atoms with Gasteiger partial charge in [0, 0.05) is 37.4 Å². The number of nitrogens with zero attached hydrogens (tertiary/aromatic N) is 3. The Balaban J connectivity index is 2.23. The maximum atomic E-state index is 13.6. The molecule has 0 bridgehead atoms. The Kier molecular flexibility index (Phi) is 7.79. The van der Waals surface area contributed by atoms with Crippen LogP contribution in [0.25, 0.3) is 16.9 Å². The van der Waals surface area contributed by atoms with Gasteiger partial charge in [0.05, 0.1) is 13.6 Å². The van der Waals surface area contributed by atoms with Crippen LogP contribution in [0, 0.1) is 16.5 Å². The van der Waals surface area contributed by atoms with Crippen molar-refractivity contribution in [2.75, 3.05) is 0 Å². The van der Waals surface area contributed by atoms with Crippen molar-refractivity contribution in [1.29, 1.82) is 5.26 Å². The molecule has 41 heavy (non-hydrogen) atoms. The van der Waals surface area contributed by atoms with Crippen molar-refractivity contribution in [2.24, 2.45) is 0 Å². The molecule has 2 aliphatic carbocycles. The first-order chi connectivity index (χ1) is 18.9.